The fraction of sp³-hybridized carbons (Fsp3) is 0.727. The van der Waals surface area contributed by atoms with Gasteiger partial charge in [0.2, 0.25) is 0 Å². The van der Waals surface area contributed by atoms with Crippen molar-refractivity contribution in [2.75, 3.05) is 0 Å². The van der Waals surface area contributed by atoms with Gasteiger partial charge in [-0.2, -0.15) is 0 Å². The van der Waals surface area contributed by atoms with Gasteiger partial charge in [0.15, 0.2) is 0 Å². The Morgan fingerprint density at radius 3 is 2.54 bits per heavy atom. The largest absolute Gasteiger partial charge is 0.361 e. The molecule has 0 saturated heterocycles. The first-order valence-electron chi connectivity index (χ1n) is 5.19. The average molecular weight is 179 g/mol. The van der Waals surface area contributed by atoms with Crippen LogP contribution in [0, 0.1) is 12.8 Å². The van der Waals surface area contributed by atoms with Crippen molar-refractivity contribution in [3.63, 3.8) is 0 Å². The Balaban J connectivity index is 2.02. The van der Waals surface area contributed by atoms with E-state index in [0.29, 0.717) is 5.92 Å². The van der Waals surface area contributed by atoms with E-state index in [4.69, 9.17) is 4.52 Å². The van der Waals surface area contributed by atoms with Crippen LogP contribution >= 0.6 is 0 Å². The molecule has 72 valence electrons. The molecule has 0 bridgehead atoms. The molecule has 1 fully saturated rings. The van der Waals surface area contributed by atoms with Crippen molar-refractivity contribution >= 4 is 0 Å². The third-order valence-corrected chi connectivity index (χ3v) is 3.06. The average Bonchev–Trinajstić information content (AvgIpc) is 2.53. The summed E-state index contributed by atoms with van der Waals surface area (Å²) in [5, 5.41) is 3.94. The molecule has 0 atom stereocenters. The zero-order valence-electron chi connectivity index (χ0n) is 8.42. The summed E-state index contributed by atoms with van der Waals surface area (Å²) in [4.78, 5) is 0. The Bertz CT molecular complexity index is 271. The molecule has 13 heavy (non-hydrogen) atoms. The topological polar surface area (TPSA) is 26.0 Å². The van der Waals surface area contributed by atoms with E-state index in [2.05, 4.69) is 18.1 Å². The predicted octanol–water partition coefficient (Wildman–Crippen LogP) is 3.28. The molecule has 1 aliphatic carbocycles. The molecule has 0 radical (unpaired) electrons. The van der Waals surface area contributed by atoms with Gasteiger partial charge in [0, 0.05) is 12.0 Å². The second-order valence-electron chi connectivity index (χ2n) is 4.33. The molecule has 1 aliphatic rings. The quantitative estimate of drug-likeness (QED) is 0.661. The minimum absolute atomic E-state index is 0.636. The van der Waals surface area contributed by atoms with E-state index < -0.39 is 0 Å². The smallest absolute Gasteiger partial charge is 0.140 e. The van der Waals surface area contributed by atoms with Gasteiger partial charge < -0.3 is 4.52 Å². The third-order valence-electron chi connectivity index (χ3n) is 3.06. The first-order chi connectivity index (χ1) is 6.25. The van der Waals surface area contributed by atoms with Gasteiger partial charge in [-0.15, -0.1) is 0 Å². The Kier molecular flexibility index (Phi) is 2.38. The molecule has 1 aromatic rings. The summed E-state index contributed by atoms with van der Waals surface area (Å²) >= 11 is 0. The molecule has 2 nitrogen and oxygen atoms in total. The van der Waals surface area contributed by atoms with Crippen molar-refractivity contribution in [3.8, 4) is 0 Å². The molecular formula is C11H17NO. The Morgan fingerprint density at radius 2 is 2.00 bits per heavy atom. The van der Waals surface area contributed by atoms with Gasteiger partial charge in [-0.1, -0.05) is 24.9 Å². The second-order valence-corrected chi connectivity index (χ2v) is 4.33. The fourth-order valence-electron chi connectivity index (χ4n) is 2.12. The molecule has 0 unspecified atom stereocenters. The van der Waals surface area contributed by atoms with Crippen molar-refractivity contribution in [2.24, 2.45) is 5.92 Å². The van der Waals surface area contributed by atoms with E-state index in [-0.39, 0.29) is 0 Å². The Morgan fingerprint density at radius 1 is 1.31 bits per heavy atom. The number of aromatic nitrogens is 1. The number of nitrogens with zero attached hydrogens (tertiary/aromatic N) is 1. The second kappa shape index (κ2) is 3.52. The molecule has 0 spiro atoms. The zero-order valence-corrected chi connectivity index (χ0v) is 8.42. The summed E-state index contributed by atoms with van der Waals surface area (Å²) in [5.74, 6) is 2.64. The number of rotatable bonds is 1. The lowest BCUT2D eigenvalue weighted by molar-refractivity contribution is 0.287. The van der Waals surface area contributed by atoms with E-state index in [0.717, 1.165) is 17.4 Å². The number of hydrogen-bond acceptors (Lipinski definition) is 2. The molecule has 1 heterocycles. The summed E-state index contributed by atoms with van der Waals surface area (Å²) in [6.07, 6.45) is 5.22. The van der Waals surface area contributed by atoms with E-state index in [1.165, 1.54) is 25.7 Å². The fourth-order valence-corrected chi connectivity index (χ4v) is 2.12. The molecule has 0 aromatic carbocycles. The number of hydrogen-bond donors (Lipinski definition) is 0. The highest BCUT2D eigenvalue weighted by molar-refractivity contribution is 5.09. The standard InChI is InChI=1S/C11H17NO/c1-8-3-5-10(6-4-8)11-7-9(2)12-13-11/h7-8,10H,3-6H2,1-2H3. The van der Waals surface area contributed by atoms with E-state index in [1.54, 1.807) is 0 Å². The van der Waals surface area contributed by atoms with Crippen molar-refractivity contribution < 1.29 is 4.52 Å². The zero-order chi connectivity index (χ0) is 9.26. The van der Waals surface area contributed by atoms with Gasteiger partial charge in [0.05, 0.1) is 5.69 Å². The van der Waals surface area contributed by atoms with Crippen molar-refractivity contribution in [3.05, 3.63) is 17.5 Å². The highest BCUT2D eigenvalue weighted by Gasteiger charge is 2.22. The maximum atomic E-state index is 5.29. The third kappa shape index (κ3) is 1.93. The van der Waals surface area contributed by atoms with Crippen LogP contribution in [0.4, 0.5) is 0 Å². The summed E-state index contributed by atoms with van der Waals surface area (Å²) < 4.78 is 5.29. The lowest BCUT2D eigenvalue weighted by Crippen LogP contribution is -2.10. The summed E-state index contributed by atoms with van der Waals surface area (Å²) in [5.41, 5.74) is 1.01. The first kappa shape index (κ1) is 8.79. The van der Waals surface area contributed by atoms with E-state index in [1.807, 2.05) is 6.92 Å². The van der Waals surface area contributed by atoms with E-state index in [9.17, 15) is 0 Å². The first-order valence-corrected chi connectivity index (χ1v) is 5.19. The molecule has 1 saturated carbocycles. The highest BCUT2D eigenvalue weighted by Crippen LogP contribution is 2.35. The van der Waals surface area contributed by atoms with Crippen molar-refractivity contribution in [2.45, 2.75) is 45.4 Å². The van der Waals surface area contributed by atoms with Crippen LogP contribution in [0.25, 0.3) is 0 Å². The van der Waals surface area contributed by atoms with Crippen LogP contribution in [-0.4, -0.2) is 5.16 Å². The monoisotopic (exact) mass is 179 g/mol. The van der Waals surface area contributed by atoms with Crippen LogP contribution in [0.3, 0.4) is 0 Å². The van der Waals surface area contributed by atoms with Crippen LogP contribution in [0.1, 0.15) is 50.0 Å². The van der Waals surface area contributed by atoms with E-state index >= 15 is 0 Å². The number of aryl methyl sites for hydroxylation is 1. The molecule has 0 amide bonds. The van der Waals surface area contributed by atoms with Gasteiger partial charge in [0.25, 0.3) is 0 Å². The van der Waals surface area contributed by atoms with Gasteiger partial charge in [-0.05, 0) is 25.7 Å². The van der Waals surface area contributed by atoms with Gasteiger partial charge in [0.1, 0.15) is 5.76 Å². The normalized spacial score (nSPS) is 29.1. The SMILES string of the molecule is Cc1cc(C2CCC(C)CC2)on1. The summed E-state index contributed by atoms with van der Waals surface area (Å²) in [6.45, 7) is 4.32. The van der Waals surface area contributed by atoms with Gasteiger partial charge >= 0.3 is 0 Å². The molecule has 2 heteroatoms. The van der Waals surface area contributed by atoms with Gasteiger partial charge in [-0.3, -0.25) is 0 Å². The van der Waals surface area contributed by atoms with Gasteiger partial charge in [-0.25, -0.2) is 0 Å². The Labute approximate surface area is 79.3 Å². The van der Waals surface area contributed by atoms with Crippen LogP contribution < -0.4 is 0 Å². The van der Waals surface area contributed by atoms with Crippen LogP contribution in [0.15, 0.2) is 10.6 Å². The maximum Gasteiger partial charge on any atom is 0.140 e. The lowest BCUT2D eigenvalue weighted by atomic mass is 9.82. The van der Waals surface area contributed by atoms with Crippen LogP contribution in [0.2, 0.25) is 0 Å². The minimum atomic E-state index is 0.636. The summed E-state index contributed by atoms with van der Waals surface area (Å²) in [6, 6.07) is 2.08. The molecule has 0 aliphatic heterocycles. The maximum absolute atomic E-state index is 5.29. The minimum Gasteiger partial charge on any atom is -0.361 e. The Hall–Kier alpha value is -0.790. The van der Waals surface area contributed by atoms with Crippen LogP contribution in [0.5, 0.6) is 0 Å². The molecule has 1 aromatic heterocycles. The van der Waals surface area contributed by atoms with Crippen molar-refractivity contribution in [1.82, 2.24) is 5.16 Å². The van der Waals surface area contributed by atoms with Crippen LogP contribution in [-0.2, 0) is 0 Å². The molecule has 0 N–H and O–H groups in total. The summed E-state index contributed by atoms with van der Waals surface area (Å²) in [7, 11) is 0. The molecular weight excluding hydrogens is 162 g/mol. The van der Waals surface area contributed by atoms with Crippen molar-refractivity contribution in [1.29, 1.82) is 0 Å². The predicted molar refractivity (Wildman–Crippen MR) is 51.6 cm³/mol. The lowest BCUT2D eigenvalue weighted by Gasteiger charge is -2.23. The highest BCUT2D eigenvalue weighted by atomic mass is 16.5. The molecule has 2 rings (SSSR count).